The lowest BCUT2D eigenvalue weighted by Gasteiger charge is -2.26. The first-order valence-electron chi connectivity index (χ1n) is 6.63. The fourth-order valence-corrected chi connectivity index (χ4v) is 2.26. The van der Waals surface area contributed by atoms with E-state index in [1.54, 1.807) is 0 Å². The van der Waals surface area contributed by atoms with Crippen molar-refractivity contribution in [1.82, 2.24) is 4.90 Å². The van der Waals surface area contributed by atoms with Crippen LogP contribution in [0.15, 0.2) is 24.3 Å². The highest BCUT2D eigenvalue weighted by atomic mass is 16.2. The molecule has 1 aromatic rings. The van der Waals surface area contributed by atoms with E-state index in [4.69, 9.17) is 5.73 Å². The minimum absolute atomic E-state index is 0.247. The largest absolute Gasteiger partial charge is 0.397 e. The van der Waals surface area contributed by atoms with Crippen molar-refractivity contribution in [3.05, 3.63) is 24.3 Å². The third kappa shape index (κ3) is 3.39. The van der Waals surface area contributed by atoms with Gasteiger partial charge in [0, 0.05) is 26.1 Å². The molecule has 0 spiro atoms. The highest BCUT2D eigenvalue weighted by Gasteiger charge is 2.15. The van der Waals surface area contributed by atoms with E-state index >= 15 is 0 Å². The molecule has 0 atom stereocenters. The molecule has 1 amide bonds. The molecule has 1 heterocycles. The lowest BCUT2D eigenvalue weighted by molar-refractivity contribution is -0.131. The summed E-state index contributed by atoms with van der Waals surface area (Å²) in [5.74, 6) is 0.247. The van der Waals surface area contributed by atoms with Gasteiger partial charge in [-0.25, -0.2) is 0 Å². The van der Waals surface area contributed by atoms with Crippen molar-refractivity contribution in [2.24, 2.45) is 0 Å². The summed E-state index contributed by atoms with van der Waals surface area (Å²) in [7, 11) is 0. The second kappa shape index (κ2) is 6.28. The Bertz CT molecular complexity index is 400. The van der Waals surface area contributed by atoms with Crippen LogP contribution in [0.4, 0.5) is 11.4 Å². The van der Waals surface area contributed by atoms with Gasteiger partial charge in [-0.1, -0.05) is 12.1 Å². The number of carbonyl (C=O) groups is 1. The van der Waals surface area contributed by atoms with E-state index < -0.39 is 0 Å². The third-order valence-corrected chi connectivity index (χ3v) is 3.32. The molecular weight excluding hydrogens is 226 g/mol. The van der Waals surface area contributed by atoms with E-state index in [0.29, 0.717) is 13.0 Å². The zero-order chi connectivity index (χ0) is 12.8. The van der Waals surface area contributed by atoms with E-state index in [2.05, 4.69) is 5.32 Å². The first-order chi connectivity index (χ1) is 8.77. The van der Waals surface area contributed by atoms with E-state index in [9.17, 15) is 4.79 Å². The summed E-state index contributed by atoms with van der Waals surface area (Å²) in [6.45, 7) is 2.49. The van der Waals surface area contributed by atoms with E-state index in [1.807, 2.05) is 29.2 Å². The third-order valence-electron chi connectivity index (χ3n) is 3.32. The molecule has 1 aliphatic rings. The average Bonchev–Trinajstić information content (AvgIpc) is 2.42. The summed E-state index contributed by atoms with van der Waals surface area (Å²) in [6, 6.07) is 7.63. The number of hydrogen-bond acceptors (Lipinski definition) is 3. The molecule has 0 aliphatic carbocycles. The summed E-state index contributed by atoms with van der Waals surface area (Å²) in [4.78, 5) is 13.9. The van der Waals surface area contributed by atoms with Crippen LogP contribution in [0.1, 0.15) is 25.7 Å². The maximum absolute atomic E-state index is 11.9. The number of rotatable bonds is 4. The van der Waals surface area contributed by atoms with Gasteiger partial charge in [-0.15, -0.1) is 0 Å². The maximum atomic E-state index is 11.9. The molecule has 0 radical (unpaired) electrons. The Kier molecular flexibility index (Phi) is 4.45. The summed E-state index contributed by atoms with van der Waals surface area (Å²) in [6.07, 6.45) is 4.08. The number of piperidine rings is 1. The standard InChI is InChI=1S/C14H21N3O/c15-12-6-2-3-7-13(12)16-9-8-14(18)17-10-4-1-5-11-17/h2-3,6-7,16H,1,4-5,8-11,15H2. The minimum atomic E-state index is 0.247. The second-order valence-corrected chi connectivity index (χ2v) is 4.71. The highest BCUT2D eigenvalue weighted by Crippen LogP contribution is 2.16. The number of para-hydroxylation sites is 2. The quantitative estimate of drug-likeness (QED) is 0.801. The number of nitrogens with two attached hydrogens (primary N) is 1. The molecular formula is C14H21N3O. The molecule has 1 aromatic carbocycles. The number of likely N-dealkylation sites (tertiary alicyclic amines) is 1. The van der Waals surface area contributed by atoms with Crippen molar-refractivity contribution < 1.29 is 4.79 Å². The number of benzene rings is 1. The molecule has 0 unspecified atom stereocenters. The van der Waals surface area contributed by atoms with Gasteiger partial charge in [0.15, 0.2) is 0 Å². The van der Waals surface area contributed by atoms with Gasteiger partial charge in [0.05, 0.1) is 11.4 Å². The van der Waals surface area contributed by atoms with Crippen LogP contribution in [0.2, 0.25) is 0 Å². The van der Waals surface area contributed by atoms with Crippen molar-refractivity contribution >= 4 is 17.3 Å². The molecule has 0 saturated carbocycles. The van der Waals surface area contributed by atoms with E-state index in [1.165, 1.54) is 6.42 Å². The summed E-state index contributed by atoms with van der Waals surface area (Å²) < 4.78 is 0. The number of carbonyl (C=O) groups excluding carboxylic acids is 1. The molecule has 0 bridgehead atoms. The van der Waals surface area contributed by atoms with Crippen LogP contribution in [-0.4, -0.2) is 30.4 Å². The molecule has 2 rings (SSSR count). The Morgan fingerprint density at radius 3 is 2.67 bits per heavy atom. The topological polar surface area (TPSA) is 58.4 Å². The van der Waals surface area contributed by atoms with Crippen LogP contribution in [0.5, 0.6) is 0 Å². The Morgan fingerprint density at radius 2 is 1.94 bits per heavy atom. The number of nitrogen functional groups attached to an aromatic ring is 1. The summed E-state index contributed by atoms with van der Waals surface area (Å²) in [5.41, 5.74) is 7.45. The zero-order valence-corrected chi connectivity index (χ0v) is 10.7. The molecule has 0 aromatic heterocycles. The van der Waals surface area contributed by atoms with Gasteiger partial charge in [-0.2, -0.15) is 0 Å². The van der Waals surface area contributed by atoms with Crippen LogP contribution in [0, 0.1) is 0 Å². The molecule has 1 fully saturated rings. The molecule has 3 N–H and O–H groups in total. The van der Waals surface area contributed by atoms with Gasteiger partial charge in [0.1, 0.15) is 0 Å². The number of anilines is 2. The number of hydrogen-bond donors (Lipinski definition) is 2. The van der Waals surface area contributed by atoms with Gasteiger partial charge in [0.2, 0.25) is 5.91 Å². The van der Waals surface area contributed by atoms with Crippen molar-refractivity contribution in [1.29, 1.82) is 0 Å². The maximum Gasteiger partial charge on any atom is 0.224 e. The first kappa shape index (κ1) is 12.7. The summed E-state index contributed by atoms with van der Waals surface area (Å²) >= 11 is 0. The minimum Gasteiger partial charge on any atom is -0.397 e. The molecule has 1 aliphatic heterocycles. The molecule has 4 heteroatoms. The van der Waals surface area contributed by atoms with Gasteiger partial charge < -0.3 is 16.0 Å². The van der Waals surface area contributed by atoms with Gasteiger partial charge >= 0.3 is 0 Å². The Balaban J connectivity index is 1.75. The summed E-state index contributed by atoms with van der Waals surface area (Å²) in [5, 5.41) is 3.21. The van der Waals surface area contributed by atoms with Crippen molar-refractivity contribution in [3.63, 3.8) is 0 Å². The molecule has 4 nitrogen and oxygen atoms in total. The van der Waals surface area contributed by atoms with Crippen LogP contribution >= 0.6 is 0 Å². The number of nitrogens with zero attached hydrogens (tertiary/aromatic N) is 1. The van der Waals surface area contributed by atoms with Crippen LogP contribution < -0.4 is 11.1 Å². The van der Waals surface area contributed by atoms with Crippen molar-refractivity contribution in [2.45, 2.75) is 25.7 Å². The SMILES string of the molecule is Nc1ccccc1NCCC(=O)N1CCCCC1. The molecule has 18 heavy (non-hydrogen) atoms. The van der Waals surface area contributed by atoms with Crippen LogP contribution in [-0.2, 0) is 4.79 Å². The van der Waals surface area contributed by atoms with Crippen LogP contribution in [0.3, 0.4) is 0 Å². The predicted octanol–water partition coefficient (Wildman–Crippen LogP) is 2.08. The van der Waals surface area contributed by atoms with Crippen molar-refractivity contribution in [2.75, 3.05) is 30.7 Å². The van der Waals surface area contributed by atoms with Crippen molar-refractivity contribution in [3.8, 4) is 0 Å². The molecule has 98 valence electrons. The predicted molar refractivity (Wildman–Crippen MR) is 74.4 cm³/mol. The Morgan fingerprint density at radius 1 is 1.22 bits per heavy atom. The smallest absolute Gasteiger partial charge is 0.224 e. The second-order valence-electron chi connectivity index (χ2n) is 4.71. The first-order valence-corrected chi connectivity index (χ1v) is 6.63. The Labute approximate surface area is 108 Å². The van der Waals surface area contributed by atoms with Crippen LogP contribution in [0.25, 0.3) is 0 Å². The van der Waals surface area contributed by atoms with E-state index in [-0.39, 0.29) is 5.91 Å². The van der Waals surface area contributed by atoms with Gasteiger partial charge in [-0.05, 0) is 31.4 Å². The average molecular weight is 247 g/mol. The zero-order valence-electron chi connectivity index (χ0n) is 10.7. The van der Waals surface area contributed by atoms with E-state index in [0.717, 1.165) is 37.3 Å². The lowest BCUT2D eigenvalue weighted by Crippen LogP contribution is -2.36. The normalized spacial score (nSPS) is 15.4. The fourth-order valence-electron chi connectivity index (χ4n) is 2.26. The number of amides is 1. The lowest BCUT2D eigenvalue weighted by atomic mass is 10.1. The van der Waals surface area contributed by atoms with Gasteiger partial charge in [-0.3, -0.25) is 4.79 Å². The monoisotopic (exact) mass is 247 g/mol. The van der Waals surface area contributed by atoms with Gasteiger partial charge in [0.25, 0.3) is 0 Å². The highest BCUT2D eigenvalue weighted by molar-refractivity contribution is 5.77. The number of nitrogens with one attached hydrogen (secondary N) is 1. The molecule has 1 saturated heterocycles. The fraction of sp³-hybridized carbons (Fsp3) is 0.500. The Hall–Kier alpha value is -1.71.